The summed E-state index contributed by atoms with van der Waals surface area (Å²) in [6, 6.07) is 11.1. The molecular formula is C18H19N3O3. The van der Waals surface area contributed by atoms with Gasteiger partial charge in [0, 0.05) is 18.5 Å². The summed E-state index contributed by atoms with van der Waals surface area (Å²) in [5, 5.41) is 2.81. The van der Waals surface area contributed by atoms with Gasteiger partial charge in [0.15, 0.2) is 6.61 Å². The fourth-order valence-corrected chi connectivity index (χ4v) is 2.37. The Kier molecular flexibility index (Phi) is 4.65. The van der Waals surface area contributed by atoms with Gasteiger partial charge >= 0.3 is 0 Å². The first kappa shape index (κ1) is 15.9. The minimum absolute atomic E-state index is 0.0560. The summed E-state index contributed by atoms with van der Waals surface area (Å²) in [6.07, 6.45) is 3.85. The van der Waals surface area contributed by atoms with Crippen LogP contribution in [0.25, 0.3) is 5.65 Å². The molecule has 0 saturated heterocycles. The van der Waals surface area contributed by atoms with Crippen LogP contribution in [0.1, 0.15) is 11.3 Å². The molecule has 0 radical (unpaired) electrons. The van der Waals surface area contributed by atoms with Gasteiger partial charge in [-0.15, -0.1) is 0 Å². The molecule has 3 aromatic rings. The minimum Gasteiger partial charge on any atom is -0.497 e. The molecule has 0 aliphatic carbocycles. The van der Waals surface area contributed by atoms with Crippen molar-refractivity contribution in [3.63, 3.8) is 0 Å². The highest BCUT2D eigenvalue weighted by Gasteiger charge is 2.07. The highest BCUT2D eigenvalue weighted by molar-refractivity contribution is 5.77. The topological polar surface area (TPSA) is 64.9 Å². The first-order valence-electron chi connectivity index (χ1n) is 7.62. The molecule has 0 bridgehead atoms. The van der Waals surface area contributed by atoms with E-state index in [-0.39, 0.29) is 12.5 Å². The number of pyridine rings is 1. The third kappa shape index (κ3) is 3.65. The molecule has 2 heterocycles. The van der Waals surface area contributed by atoms with Gasteiger partial charge in [0.2, 0.25) is 0 Å². The monoisotopic (exact) mass is 325 g/mol. The Hall–Kier alpha value is -3.02. The highest BCUT2D eigenvalue weighted by atomic mass is 16.5. The van der Waals surface area contributed by atoms with Crippen LogP contribution in [0.3, 0.4) is 0 Å². The van der Waals surface area contributed by atoms with Gasteiger partial charge in [-0.05, 0) is 30.7 Å². The maximum atomic E-state index is 11.9. The number of hydrogen-bond donors (Lipinski definition) is 1. The minimum atomic E-state index is -0.202. The average Bonchev–Trinajstić information content (AvgIpc) is 3.03. The van der Waals surface area contributed by atoms with E-state index in [1.54, 1.807) is 19.2 Å². The summed E-state index contributed by atoms with van der Waals surface area (Å²) in [6.45, 7) is 2.31. The summed E-state index contributed by atoms with van der Waals surface area (Å²) < 4.78 is 12.5. The van der Waals surface area contributed by atoms with E-state index >= 15 is 0 Å². The molecule has 0 saturated carbocycles. The number of amides is 1. The van der Waals surface area contributed by atoms with Gasteiger partial charge in [0.1, 0.15) is 17.1 Å². The molecule has 24 heavy (non-hydrogen) atoms. The van der Waals surface area contributed by atoms with Crippen LogP contribution in [0, 0.1) is 6.92 Å². The van der Waals surface area contributed by atoms with Crippen LogP contribution in [0.15, 0.2) is 48.8 Å². The molecule has 0 atom stereocenters. The number of hydrogen-bond acceptors (Lipinski definition) is 4. The Balaban J connectivity index is 1.54. The molecule has 1 N–H and O–H groups in total. The zero-order chi connectivity index (χ0) is 16.9. The molecule has 0 fully saturated rings. The van der Waals surface area contributed by atoms with Crippen molar-refractivity contribution in [2.45, 2.75) is 13.5 Å². The van der Waals surface area contributed by atoms with Crippen molar-refractivity contribution in [3.05, 3.63) is 60.0 Å². The van der Waals surface area contributed by atoms with Gasteiger partial charge in [0.05, 0.1) is 19.3 Å². The second kappa shape index (κ2) is 7.04. The van der Waals surface area contributed by atoms with E-state index < -0.39 is 0 Å². The van der Waals surface area contributed by atoms with Crippen molar-refractivity contribution in [2.75, 3.05) is 13.7 Å². The summed E-state index contributed by atoms with van der Waals surface area (Å²) in [4.78, 5) is 16.4. The fourth-order valence-electron chi connectivity index (χ4n) is 2.37. The molecule has 0 unspecified atom stereocenters. The number of benzene rings is 1. The summed E-state index contributed by atoms with van der Waals surface area (Å²) in [5.74, 6) is 1.08. The quantitative estimate of drug-likeness (QED) is 0.755. The molecule has 0 aliphatic rings. The summed E-state index contributed by atoms with van der Waals surface area (Å²) >= 11 is 0. The van der Waals surface area contributed by atoms with E-state index in [0.29, 0.717) is 18.0 Å². The number of carbonyl (C=O) groups excluding carboxylic acids is 1. The van der Waals surface area contributed by atoms with Gasteiger partial charge in [-0.3, -0.25) is 4.79 Å². The summed E-state index contributed by atoms with van der Waals surface area (Å²) in [5.41, 5.74) is 2.80. The van der Waals surface area contributed by atoms with Crippen molar-refractivity contribution in [3.8, 4) is 11.5 Å². The van der Waals surface area contributed by atoms with Crippen LogP contribution in [0.4, 0.5) is 0 Å². The van der Waals surface area contributed by atoms with Crippen LogP contribution in [0.2, 0.25) is 0 Å². The van der Waals surface area contributed by atoms with Gasteiger partial charge in [-0.2, -0.15) is 0 Å². The van der Waals surface area contributed by atoms with Crippen LogP contribution < -0.4 is 14.8 Å². The smallest absolute Gasteiger partial charge is 0.258 e. The van der Waals surface area contributed by atoms with Crippen molar-refractivity contribution < 1.29 is 14.3 Å². The molecule has 1 amide bonds. The Bertz CT molecular complexity index is 858. The third-order valence-electron chi connectivity index (χ3n) is 3.61. The van der Waals surface area contributed by atoms with Gasteiger partial charge in [0.25, 0.3) is 5.91 Å². The van der Waals surface area contributed by atoms with E-state index in [0.717, 1.165) is 16.9 Å². The van der Waals surface area contributed by atoms with Crippen molar-refractivity contribution in [1.82, 2.24) is 14.7 Å². The molecule has 1 aromatic carbocycles. The molecule has 6 nitrogen and oxygen atoms in total. The first-order chi connectivity index (χ1) is 11.7. The summed E-state index contributed by atoms with van der Waals surface area (Å²) in [7, 11) is 1.59. The molecule has 0 spiro atoms. The second-order valence-corrected chi connectivity index (χ2v) is 5.40. The largest absolute Gasteiger partial charge is 0.497 e. The maximum absolute atomic E-state index is 11.9. The van der Waals surface area contributed by atoms with E-state index in [1.807, 2.05) is 48.0 Å². The lowest BCUT2D eigenvalue weighted by Crippen LogP contribution is -2.28. The number of aryl methyl sites for hydroxylation is 1. The number of ether oxygens (including phenoxy) is 2. The number of imidazole rings is 1. The molecule has 0 aliphatic heterocycles. The molecule has 6 heteroatoms. The Labute approximate surface area is 140 Å². The molecular weight excluding hydrogens is 306 g/mol. The van der Waals surface area contributed by atoms with E-state index in [1.165, 1.54) is 0 Å². The van der Waals surface area contributed by atoms with E-state index in [9.17, 15) is 4.79 Å². The SMILES string of the molecule is COc1cccc(OCC(=O)NCc2cn3cccc(C)c3n2)c1. The predicted octanol–water partition coefficient (Wildman–Crippen LogP) is 2.35. The first-order valence-corrected chi connectivity index (χ1v) is 7.62. The number of nitrogens with zero attached hydrogens (tertiary/aromatic N) is 2. The normalized spacial score (nSPS) is 10.6. The average molecular weight is 325 g/mol. The number of carbonyl (C=O) groups is 1. The lowest BCUT2D eigenvalue weighted by molar-refractivity contribution is -0.123. The van der Waals surface area contributed by atoms with Crippen LogP contribution in [-0.2, 0) is 11.3 Å². The van der Waals surface area contributed by atoms with Crippen LogP contribution in [0.5, 0.6) is 11.5 Å². The number of fused-ring (bicyclic) bond motifs is 1. The van der Waals surface area contributed by atoms with E-state index in [2.05, 4.69) is 10.3 Å². The van der Waals surface area contributed by atoms with Gasteiger partial charge in [-0.25, -0.2) is 4.98 Å². The van der Waals surface area contributed by atoms with Gasteiger partial charge in [-0.1, -0.05) is 12.1 Å². The lowest BCUT2D eigenvalue weighted by atomic mass is 10.3. The molecule has 2 aromatic heterocycles. The Morgan fingerprint density at radius 3 is 2.88 bits per heavy atom. The number of methoxy groups -OCH3 is 1. The fraction of sp³-hybridized carbons (Fsp3) is 0.222. The maximum Gasteiger partial charge on any atom is 0.258 e. The van der Waals surface area contributed by atoms with Crippen molar-refractivity contribution in [2.24, 2.45) is 0 Å². The van der Waals surface area contributed by atoms with E-state index in [4.69, 9.17) is 9.47 Å². The van der Waals surface area contributed by atoms with Crippen molar-refractivity contribution >= 4 is 11.6 Å². The number of nitrogens with one attached hydrogen (secondary N) is 1. The molecule has 3 rings (SSSR count). The van der Waals surface area contributed by atoms with Gasteiger partial charge < -0.3 is 19.2 Å². The number of aromatic nitrogens is 2. The Morgan fingerprint density at radius 1 is 1.25 bits per heavy atom. The molecule has 124 valence electrons. The third-order valence-corrected chi connectivity index (χ3v) is 3.61. The number of rotatable bonds is 6. The highest BCUT2D eigenvalue weighted by Crippen LogP contribution is 2.18. The van der Waals surface area contributed by atoms with Crippen LogP contribution in [-0.4, -0.2) is 29.0 Å². The predicted molar refractivity (Wildman–Crippen MR) is 90.3 cm³/mol. The zero-order valence-corrected chi connectivity index (χ0v) is 13.7. The lowest BCUT2D eigenvalue weighted by Gasteiger charge is -2.07. The Morgan fingerprint density at radius 2 is 2.08 bits per heavy atom. The second-order valence-electron chi connectivity index (χ2n) is 5.40. The standard InChI is InChI=1S/C18H19N3O3/c1-13-5-4-8-21-11-14(20-18(13)21)10-19-17(22)12-24-16-7-3-6-15(9-16)23-2/h3-9,11H,10,12H2,1-2H3,(H,19,22). The van der Waals surface area contributed by atoms with Crippen LogP contribution >= 0.6 is 0 Å². The van der Waals surface area contributed by atoms with Crippen molar-refractivity contribution in [1.29, 1.82) is 0 Å². The zero-order valence-electron chi connectivity index (χ0n) is 13.7.